The summed E-state index contributed by atoms with van der Waals surface area (Å²) in [7, 11) is 1.79. The SMILES string of the molecule is CCOC(=O)c1c(NC(=O)CCNC)sc(C)c1CC. The van der Waals surface area contributed by atoms with Crippen LogP contribution >= 0.6 is 11.3 Å². The maximum atomic E-state index is 12.1. The summed E-state index contributed by atoms with van der Waals surface area (Å²) in [6.07, 6.45) is 1.11. The molecule has 20 heavy (non-hydrogen) atoms. The van der Waals surface area contributed by atoms with Gasteiger partial charge in [0.1, 0.15) is 5.00 Å². The van der Waals surface area contributed by atoms with Crippen molar-refractivity contribution in [1.82, 2.24) is 5.32 Å². The normalized spacial score (nSPS) is 10.4. The molecule has 0 aliphatic rings. The predicted octanol–water partition coefficient (Wildman–Crippen LogP) is 2.34. The van der Waals surface area contributed by atoms with Gasteiger partial charge in [-0.2, -0.15) is 0 Å². The molecule has 0 bridgehead atoms. The van der Waals surface area contributed by atoms with Gasteiger partial charge in [0.05, 0.1) is 12.2 Å². The number of hydrogen-bond acceptors (Lipinski definition) is 5. The average Bonchev–Trinajstić information content (AvgIpc) is 2.72. The lowest BCUT2D eigenvalue weighted by Gasteiger charge is -2.07. The molecule has 0 radical (unpaired) electrons. The largest absolute Gasteiger partial charge is 0.462 e. The van der Waals surface area contributed by atoms with Crippen LogP contribution in [-0.4, -0.2) is 32.1 Å². The van der Waals surface area contributed by atoms with Crippen molar-refractivity contribution < 1.29 is 14.3 Å². The highest BCUT2D eigenvalue weighted by Gasteiger charge is 2.23. The number of ether oxygens (including phenoxy) is 1. The van der Waals surface area contributed by atoms with Gasteiger partial charge >= 0.3 is 5.97 Å². The minimum Gasteiger partial charge on any atom is -0.462 e. The van der Waals surface area contributed by atoms with Crippen molar-refractivity contribution in [3.63, 3.8) is 0 Å². The van der Waals surface area contributed by atoms with Gasteiger partial charge in [-0.05, 0) is 32.9 Å². The van der Waals surface area contributed by atoms with Gasteiger partial charge in [-0.25, -0.2) is 4.79 Å². The van der Waals surface area contributed by atoms with Crippen molar-refractivity contribution in [3.05, 3.63) is 16.0 Å². The van der Waals surface area contributed by atoms with Crippen LogP contribution < -0.4 is 10.6 Å². The third-order valence-electron chi connectivity index (χ3n) is 2.90. The zero-order valence-electron chi connectivity index (χ0n) is 12.5. The molecule has 1 heterocycles. The first-order valence-electron chi connectivity index (χ1n) is 6.78. The van der Waals surface area contributed by atoms with Crippen LogP contribution in [0.15, 0.2) is 0 Å². The molecule has 0 fully saturated rings. The average molecular weight is 298 g/mol. The Morgan fingerprint density at radius 1 is 1.30 bits per heavy atom. The highest BCUT2D eigenvalue weighted by Crippen LogP contribution is 2.34. The first-order valence-corrected chi connectivity index (χ1v) is 7.60. The van der Waals surface area contributed by atoms with Crippen molar-refractivity contribution in [1.29, 1.82) is 0 Å². The van der Waals surface area contributed by atoms with Gasteiger partial charge < -0.3 is 15.4 Å². The Labute approximate surface area is 123 Å². The molecule has 1 aromatic rings. The van der Waals surface area contributed by atoms with E-state index >= 15 is 0 Å². The van der Waals surface area contributed by atoms with Gasteiger partial charge in [-0.1, -0.05) is 6.92 Å². The third kappa shape index (κ3) is 4.05. The van der Waals surface area contributed by atoms with E-state index in [1.807, 2.05) is 13.8 Å². The molecule has 1 rings (SSSR count). The molecule has 2 N–H and O–H groups in total. The Bertz CT molecular complexity index is 483. The van der Waals surface area contributed by atoms with Crippen molar-refractivity contribution in [3.8, 4) is 0 Å². The number of rotatable bonds is 7. The van der Waals surface area contributed by atoms with Crippen LogP contribution in [0.1, 0.15) is 41.1 Å². The van der Waals surface area contributed by atoms with E-state index in [2.05, 4.69) is 10.6 Å². The van der Waals surface area contributed by atoms with Crippen LogP contribution in [0.25, 0.3) is 0 Å². The molecule has 0 spiro atoms. The van der Waals surface area contributed by atoms with E-state index < -0.39 is 0 Å². The van der Waals surface area contributed by atoms with Gasteiger partial charge in [0.2, 0.25) is 5.91 Å². The zero-order valence-corrected chi connectivity index (χ0v) is 13.3. The molecule has 6 heteroatoms. The van der Waals surface area contributed by atoms with Gasteiger partial charge in [-0.15, -0.1) is 11.3 Å². The summed E-state index contributed by atoms with van der Waals surface area (Å²) in [4.78, 5) is 24.9. The second kappa shape index (κ2) is 8.01. The lowest BCUT2D eigenvalue weighted by molar-refractivity contribution is -0.116. The fourth-order valence-electron chi connectivity index (χ4n) is 1.94. The highest BCUT2D eigenvalue weighted by atomic mass is 32.1. The highest BCUT2D eigenvalue weighted by molar-refractivity contribution is 7.16. The number of thiophene rings is 1. The van der Waals surface area contributed by atoms with Gasteiger partial charge in [-0.3, -0.25) is 4.79 Å². The molecule has 0 saturated carbocycles. The van der Waals surface area contributed by atoms with Gasteiger partial charge in [0.25, 0.3) is 0 Å². The number of esters is 1. The van der Waals surface area contributed by atoms with Crippen molar-refractivity contribution in [2.75, 3.05) is 25.5 Å². The second-order valence-electron chi connectivity index (χ2n) is 4.32. The fraction of sp³-hybridized carbons (Fsp3) is 0.571. The second-order valence-corrected chi connectivity index (χ2v) is 5.54. The molecule has 0 atom stereocenters. The Kier molecular flexibility index (Phi) is 6.67. The van der Waals surface area contributed by atoms with Gasteiger partial charge in [0.15, 0.2) is 0 Å². The fourth-order valence-corrected chi connectivity index (χ4v) is 3.09. The quantitative estimate of drug-likeness (QED) is 0.758. The third-order valence-corrected chi connectivity index (χ3v) is 3.96. The smallest absolute Gasteiger partial charge is 0.341 e. The maximum absolute atomic E-state index is 12.1. The van der Waals surface area contributed by atoms with Crippen LogP contribution in [0.2, 0.25) is 0 Å². The molecular weight excluding hydrogens is 276 g/mol. The van der Waals surface area contributed by atoms with Crippen LogP contribution in [0.4, 0.5) is 5.00 Å². The summed E-state index contributed by atoms with van der Waals surface area (Å²) in [6, 6.07) is 0. The standard InChI is InChI=1S/C14H22N2O3S/c1-5-10-9(3)20-13(12(10)14(18)19-6-2)16-11(17)7-8-15-4/h15H,5-8H2,1-4H3,(H,16,17). The van der Waals surface area contributed by atoms with E-state index in [1.54, 1.807) is 14.0 Å². The summed E-state index contributed by atoms with van der Waals surface area (Å²) < 4.78 is 5.09. The molecule has 0 unspecified atom stereocenters. The molecule has 1 aromatic heterocycles. The monoisotopic (exact) mass is 298 g/mol. The maximum Gasteiger partial charge on any atom is 0.341 e. The number of carbonyl (C=O) groups excluding carboxylic acids is 2. The Hall–Kier alpha value is -1.40. The molecular formula is C14H22N2O3S. The molecule has 0 aromatic carbocycles. The number of amides is 1. The van der Waals surface area contributed by atoms with E-state index in [-0.39, 0.29) is 11.9 Å². The number of nitrogens with one attached hydrogen (secondary N) is 2. The van der Waals surface area contributed by atoms with Crippen LogP contribution in [0.3, 0.4) is 0 Å². The van der Waals surface area contributed by atoms with E-state index in [9.17, 15) is 9.59 Å². The van der Waals surface area contributed by atoms with E-state index in [0.717, 1.165) is 16.9 Å². The molecule has 5 nitrogen and oxygen atoms in total. The summed E-state index contributed by atoms with van der Waals surface area (Å²) in [5.74, 6) is -0.466. The number of carbonyl (C=O) groups is 2. The van der Waals surface area contributed by atoms with Crippen molar-refractivity contribution in [2.24, 2.45) is 0 Å². The minimum atomic E-state index is -0.363. The van der Waals surface area contributed by atoms with E-state index in [4.69, 9.17) is 4.74 Å². The number of aryl methyl sites for hydroxylation is 1. The zero-order chi connectivity index (χ0) is 15.1. The molecule has 0 saturated heterocycles. The summed E-state index contributed by atoms with van der Waals surface area (Å²) in [5, 5.41) is 6.34. The van der Waals surface area contributed by atoms with E-state index in [0.29, 0.717) is 30.1 Å². The lowest BCUT2D eigenvalue weighted by Crippen LogP contribution is -2.19. The number of hydrogen-bond donors (Lipinski definition) is 2. The Morgan fingerprint density at radius 3 is 2.55 bits per heavy atom. The van der Waals surface area contributed by atoms with Crippen molar-refractivity contribution in [2.45, 2.75) is 33.6 Å². The summed E-state index contributed by atoms with van der Waals surface area (Å²) in [6.45, 7) is 6.64. The van der Waals surface area contributed by atoms with Crippen LogP contribution in [0.5, 0.6) is 0 Å². The minimum absolute atomic E-state index is 0.103. The molecule has 112 valence electrons. The Morgan fingerprint density at radius 2 is 2.00 bits per heavy atom. The first kappa shape index (κ1) is 16.7. The number of anilines is 1. The summed E-state index contributed by atoms with van der Waals surface area (Å²) >= 11 is 1.43. The van der Waals surface area contributed by atoms with Crippen LogP contribution in [-0.2, 0) is 16.0 Å². The Balaban J connectivity index is 3.00. The molecule has 0 aliphatic carbocycles. The first-order chi connectivity index (χ1) is 9.54. The molecule has 1 amide bonds. The summed E-state index contributed by atoms with van der Waals surface area (Å²) in [5.41, 5.74) is 1.46. The predicted molar refractivity (Wildman–Crippen MR) is 81.6 cm³/mol. The van der Waals surface area contributed by atoms with E-state index in [1.165, 1.54) is 11.3 Å². The molecule has 0 aliphatic heterocycles. The van der Waals surface area contributed by atoms with Crippen molar-refractivity contribution >= 4 is 28.2 Å². The van der Waals surface area contributed by atoms with Gasteiger partial charge in [0, 0.05) is 17.8 Å². The topological polar surface area (TPSA) is 67.4 Å². The lowest BCUT2D eigenvalue weighted by atomic mass is 10.1. The van der Waals surface area contributed by atoms with Crippen LogP contribution in [0, 0.1) is 6.92 Å².